The van der Waals surface area contributed by atoms with Gasteiger partial charge in [-0.25, -0.2) is 9.10 Å². The van der Waals surface area contributed by atoms with Crippen LogP contribution in [0.2, 0.25) is 0 Å². The summed E-state index contributed by atoms with van der Waals surface area (Å²) in [6.45, 7) is 0.759. The first-order valence-corrected chi connectivity index (χ1v) is 8.86. The monoisotopic (exact) mass is 346 g/mol. The molecule has 0 aromatic carbocycles. The van der Waals surface area contributed by atoms with Gasteiger partial charge in [-0.05, 0) is 25.7 Å². The molecular weight excluding hydrogens is 328 g/mol. The Kier molecular flexibility index (Phi) is 3.92. The molecular formula is C12H18N4O6S. The van der Waals surface area contributed by atoms with E-state index in [4.69, 9.17) is 4.55 Å². The van der Waals surface area contributed by atoms with Crippen LogP contribution in [-0.2, 0) is 19.9 Å². The van der Waals surface area contributed by atoms with Crippen LogP contribution in [0.5, 0.6) is 0 Å². The summed E-state index contributed by atoms with van der Waals surface area (Å²) in [5, 5.41) is 5.30. The van der Waals surface area contributed by atoms with Gasteiger partial charge in [0.1, 0.15) is 12.1 Å². The van der Waals surface area contributed by atoms with Crippen molar-refractivity contribution in [2.45, 2.75) is 43.8 Å². The Morgan fingerprint density at radius 1 is 1.26 bits per heavy atom. The molecule has 3 saturated heterocycles. The summed E-state index contributed by atoms with van der Waals surface area (Å²) < 4.78 is 31.7. The summed E-state index contributed by atoms with van der Waals surface area (Å²) in [4.78, 5) is 37.3. The molecule has 0 unspecified atom stereocenters. The molecule has 3 fully saturated rings. The number of hydrogen-bond acceptors (Lipinski definition) is 5. The second-order valence-electron chi connectivity index (χ2n) is 5.90. The van der Waals surface area contributed by atoms with Gasteiger partial charge in [0.05, 0.1) is 6.04 Å². The second kappa shape index (κ2) is 5.64. The Balaban J connectivity index is 1.66. The number of nitrogens with zero attached hydrogens (tertiary/aromatic N) is 2. The van der Waals surface area contributed by atoms with Crippen molar-refractivity contribution >= 4 is 28.1 Å². The Hall–Kier alpha value is -1.88. The highest BCUT2D eigenvalue weighted by molar-refractivity contribution is 7.84. The maximum absolute atomic E-state index is 12.3. The van der Waals surface area contributed by atoms with E-state index in [2.05, 4.69) is 10.6 Å². The van der Waals surface area contributed by atoms with Gasteiger partial charge in [0.15, 0.2) is 0 Å². The van der Waals surface area contributed by atoms with Crippen LogP contribution in [0.4, 0.5) is 4.79 Å². The van der Waals surface area contributed by atoms with Gasteiger partial charge in [-0.2, -0.15) is 8.42 Å². The molecule has 3 rings (SSSR count). The Labute approximate surface area is 133 Å². The van der Waals surface area contributed by atoms with Crippen molar-refractivity contribution in [3.05, 3.63) is 0 Å². The van der Waals surface area contributed by atoms with Gasteiger partial charge >= 0.3 is 16.3 Å². The first-order valence-electron chi connectivity index (χ1n) is 7.46. The third-order valence-corrected chi connectivity index (χ3v) is 5.43. The van der Waals surface area contributed by atoms with E-state index >= 15 is 0 Å². The van der Waals surface area contributed by atoms with E-state index in [9.17, 15) is 22.8 Å². The standard InChI is InChI=1S/C12H18N4O6S/c17-10-7(3-1-2-5-13-10)14-12(19)15-6-4-8-9(15)11(18)16(8)23(20,21)22/h7-9H,1-6H2,(H,13,17)(H,14,19)(H,20,21,22)/t7-,8+,9-/m0/s1. The number of fused-ring (bicyclic) bond motifs is 1. The summed E-state index contributed by atoms with van der Waals surface area (Å²) in [6, 6.07) is -2.85. The first kappa shape index (κ1) is 16.0. The zero-order valence-corrected chi connectivity index (χ0v) is 13.1. The van der Waals surface area contributed by atoms with Crippen LogP contribution in [0.25, 0.3) is 0 Å². The second-order valence-corrected chi connectivity index (χ2v) is 7.18. The number of β-lactam (4-membered cyclic amide) rings is 1. The zero-order valence-electron chi connectivity index (χ0n) is 12.3. The molecule has 0 aromatic rings. The third kappa shape index (κ3) is 2.74. The number of likely N-dealkylation sites (tertiary alicyclic amines) is 1. The van der Waals surface area contributed by atoms with E-state index < -0.39 is 40.4 Å². The topological polar surface area (TPSA) is 136 Å². The highest BCUT2D eigenvalue weighted by atomic mass is 32.2. The van der Waals surface area contributed by atoms with E-state index in [1.54, 1.807) is 0 Å². The zero-order chi connectivity index (χ0) is 16.8. The van der Waals surface area contributed by atoms with Crippen molar-refractivity contribution in [1.29, 1.82) is 0 Å². The molecule has 10 nitrogen and oxygen atoms in total. The van der Waals surface area contributed by atoms with Crippen molar-refractivity contribution < 1.29 is 27.4 Å². The highest BCUT2D eigenvalue weighted by Crippen LogP contribution is 2.35. The van der Waals surface area contributed by atoms with Crippen molar-refractivity contribution in [3.8, 4) is 0 Å². The molecule has 3 heterocycles. The summed E-state index contributed by atoms with van der Waals surface area (Å²) in [6.07, 6.45) is 2.42. The molecule has 0 bridgehead atoms. The average Bonchev–Trinajstić information content (AvgIpc) is 2.70. The average molecular weight is 346 g/mol. The van der Waals surface area contributed by atoms with Crippen molar-refractivity contribution in [1.82, 2.24) is 19.8 Å². The number of carbonyl (C=O) groups is 3. The molecule has 3 atom stereocenters. The smallest absolute Gasteiger partial charge is 0.354 e. The molecule has 0 aliphatic carbocycles. The lowest BCUT2D eigenvalue weighted by atomic mass is 10.0. The molecule has 23 heavy (non-hydrogen) atoms. The quantitative estimate of drug-likeness (QED) is 0.409. The van der Waals surface area contributed by atoms with E-state index in [1.165, 1.54) is 4.90 Å². The summed E-state index contributed by atoms with van der Waals surface area (Å²) in [5.74, 6) is -1.08. The number of amides is 4. The van der Waals surface area contributed by atoms with Gasteiger partial charge in [0, 0.05) is 13.1 Å². The van der Waals surface area contributed by atoms with Crippen LogP contribution in [0, 0.1) is 0 Å². The minimum atomic E-state index is -4.60. The van der Waals surface area contributed by atoms with Gasteiger partial charge in [0.25, 0.3) is 5.91 Å². The maximum Gasteiger partial charge on any atom is 0.362 e. The fourth-order valence-electron chi connectivity index (χ4n) is 3.35. The molecule has 0 spiro atoms. The van der Waals surface area contributed by atoms with Crippen molar-refractivity contribution in [2.24, 2.45) is 0 Å². The Morgan fingerprint density at radius 3 is 2.70 bits per heavy atom. The van der Waals surface area contributed by atoms with Gasteiger partial charge in [-0.3, -0.25) is 14.1 Å². The normalized spacial score (nSPS) is 31.1. The Bertz CT molecular complexity index is 650. The Morgan fingerprint density at radius 2 is 2.00 bits per heavy atom. The number of nitrogens with one attached hydrogen (secondary N) is 2. The molecule has 11 heteroatoms. The minimum absolute atomic E-state index is 0.188. The summed E-state index contributed by atoms with van der Waals surface area (Å²) >= 11 is 0. The van der Waals surface area contributed by atoms with Gasteiger partial charge in [-0.15, -0.1) is 0 Å². The van der Waals surface area contributed by atoms with Crippen LogP contribution in [0.1, 0.15) is 25.7 Å². The summed E-state index contributed by atoms with van der Waals surface area (Å²) in [7, 11) is -4.60. The molecule has 0 radical (unpaired) electrons. The number of rotatable bonds is 2. The number of urea groups is 1. The molecule has 3 N–H and O–H groups in total. The lowest BCUT2D eigenvalue weighted by molar-refractivity contribution is -0.143. The van der Waals surface area contributed by atoms with Crippen LogP contribution in [0.15, 0.2) is 0 Å². The van der Waals surface area contributed by atoms with Crippen molar-refractivity contribution in [3.63, 3.8) is 0 Å². The number of carbonyl (C=O) groups excluding carboxylic acids is 3. The van der Waals surface area contributed by atoms with Gasteiger partial charge in [0.2, 0.25) is 5.91 Å². The van der Waals surface area contributed by atoms with Gasteiger partial charge in [-0.1, -0.05) is 0 Å². The molecule has 0 aromatic heterocycles. The first-order chi connectivity index (χ1) is 10.8. The molecule has 3 aliphatic rings. The van der Waals surface area contributed by atoms with Crippen LogP contribution in [-0.4, -0.2) is 71.2 Å². The van der Waals surface area contributed by atoms with E-state index in [-0.39, 0.29) is 18.9 Å². The van der Waals surface area contributed by atoms with E-state index in [1.807, 2.05) is 0 Å². The van der Waals surface area contributed by atoms with Crippen LogP contribution < -0.4 is 10.6 Å². The van der Waals surface area contributed by atoms with Crippen LogP contribution >= 0.6 is 0 Å². The lowest BCUT2D eigenvalue weighted by Gasteiger charge is -2.42. The fraction of sp³-hybridized carbons (Fsp3) is 0.750. The van der Waals surface area contributed by atoms with E-state index in [0.717, 1.165) is 12.8 Å². The summed E-state index contributed by atoms with van der Waals surface area (Å²) in [5.41, 5.74) is 0. The molecule has 3 aliphatic heterocycles. The minimum Gasteiger partial charge on any atom is -0.354 e. The van der Waals surface area contributed by atoms with E-state index in [0.29, 0.717) is 17.3 Å². The SMILES string of the molecule is O=C1NCCCC[C@@H]1NC(=O)N1CC[C@@H]2[C@H]1C(=O)N2S(=O)(=O)O. The molecule has 128 valence electrons. The lowest BCUT2D eigenvalue weighted by Crippen LogP contribution is -2.69. The van der Waals surface area contributed by atoms with Crippen LogP contribution in [0.3, 0.4) is 0 Å². The highest BCUT2D eigenvalue weighted by Gasteiger charge is 2.60. The van der Waals surface area contributed by atoms with Gasteiger partial charge < -0.3 is 15.5 Å². The molecule has 4 amide bonds. The largest absolute Gasteiger partial charge is 0.362 e. The van der Waals surface area contributed by atoms with Crippen molar-refractivity contribution in [2.75, 3.05) is 13.1 Å². The predicted molar refractivity (Wildman–Crippen MR) is 76.5 cm³/mol. The predicted octanol–water partition coefficient (Wildman–Crippen LogP) is -1.55. The third-order valence-electron chi connectivity index (χ3n) is 4.48. The number of hydrogen-bond donors (Lipinski definition) is 3. The molecule has 0 saturated carbocycles. The fourth-order valence-corrected chi connectivity index (χ4v) is 4.25. The maximum atomic E-state index is 12.3.